The van der Waals surface area contributed by atoms with Crippen molar-refractivity contribution in [1.29, 1.82) is 0 Å². The van der Waals surface area contributed by atoms with Crippen molar-refractivity contribution in [3.63, 3.8) is 0 Å². The van der Waals surface area contributed by atoms with Gasteiger partial charge in [-0.3, -0.25) is 0 Å². The van der Waals surface area contributed by atoms with E-state index in [9.17, 15) is 0 Å². The van der Waals surface area contributed by atoms with E-state index in [1.807, 2.05) is 0 Å². The zero-order chi connectivity index (χ0) is 7.56. The fourth-order valence-corrected chi connectivity index (χ4v) is 0.526. The molecule has 48 valence electrons. The van der Waals surface area contributed by atoms with Crippen LogP contribution in [-0.2, 0) is 0 Å². The Labute approximate surface area is 54.9 Å². The first-order valence-corrected chi connectivity index (χ1v) is 2.50. The average Bonchev–Trinajstić information content (AvgIpc) is 1.95. The van der Waals surface area contributed by atoms with Gasteiger partial charge in [-0.25, -0.2) is 4.98 Å². The largest absolute Gasteiger partial charge is 0.480 e. The van der Waals surface area contributed by atoms with E-state index in [0.717, 1.165) is 0 Å². The van der Waals surface area contributed by atoms with Gasteiger partial charge < -0.3 is 10.5 Å². The minimum Gasteiger partial charge on any atom is -0.480 e. The Morgan fingerprint density at radius 3 is 3.22 bits per heavy atom. The van der Waals surface area contributed by atoms with Gasteiger partial charge in [-0.15, -0.1) is 0 Å². The van der Waals surface area contributed by atoms with E-state index in [-0.39, 0.29) is 11.7 Å². The first-order valence-electron chi connectivity index (χ1n) is 3.00. The lowest BCUT2D eigenvalue weighted by Gasteiger charge is -1.98. The Morgan fingerprint density at radius 2 is 2.67 bits per heavy atom. The van der Waals surface area contributed by atoms with Gasteiger partial charge in [0.2, 0.25) is 5.88 Å². The molecule has 0 amide bonds. The predicted molar refractivity (Wildman–Crippen MR) is 35.2 cm³/mol. The van der Waals surface area contributed by atoms with Crippen LogP contribution in [0.5, 0.6) is 5.88 Å². The summed E-state index contributed by atoms with van der Waals surface area (Å²) in [5.41, 5.74) is 5.70. The van der Waals surface area contributed by atoms with E-state index >= 15 is 0 Å². The van der Waals surface area contributed by atoms with Crippen LogP contribution in [0.2, 0.25) is 0 Å². The van der Waals surface area contributed by atoms with Gasteiger partial charge in [-0.05, 0) is 12.1 Å². The molecule has 1 heterocycles. The van der Waals surface area contributed by atoms with Gasteiger partial charge in [0.25, 0.3) is 0 Å². The summed E-state index contributed by atoms with van der Waals surface area (Å²) < 4.78 is 12.0. The second kappa shape index (κ2) is 2.35. The van der Waals surface area contributed by atoms with E-state index in [4.69, 9.17) is 11.8 Å². The quantitative estimate of drug-likeness (QED) is 0.600. The van der Waals surface area contributed by atoms with Crippen molar-refractivity contribution in [3.05, 3.63) is 18.3 Å². The van der Waals surface area contributed by atoms with Crippen molar-refractivity contribution in [2.24, 2.45) is 0 Å². The van der Waals surface area contributed by atoms with Crippen molar-refractivity contribution >= 4 is 5.69 Å². The molecule has 0 spiro atoms. The summed E-state index contributed by atoms with van der Waals surface area (Å²) >= 11 is 0. The van der Waals surface area contributed by atoms with Crippen LogP contribution in [0, 0.1) is 0 Å². The zero-order valence-corrected chi connectivity index (χ0v) is 5.09. The van der Waals surface area contributed by atoms with Crippen molar-refractivity contribution in [2.45, 2.75) is 0 Å². The molecule has 0 aliphatic carbocycles. The molecular weight excluding hydrogens is 116 g/mol. The van der Waals surface area contributed by atoms with Crippen LogP contribution in [-0.4, -0.2) is 12.1 Å². The molecule has 0 radical (unpaired) electrons. The van der Waals surface area contributed by atoms with Crippen LogP contribution >= 0.6 is 0 Å². The summed E-state index contributed by atoms with van der Waals surface area (Å²) in [5, 5.41) is 0. The van der Waals surface area contributed by atoms with Crippen LogP contribution in [0.15, 0.2) is 18.3 Å². The Hall–Kier alpha value is -1.25. The molecule has 0 saturated carbocycles. The molecule has 1 rings (SSSR count). The number of hydrogen-bond donors (Lipinski definition) is 1. The maximum absolute atomic E-state index is 7.22. The number of anilines is 1. The predicted octanol–water partition coefficient (Wildman–Crippen LogP) is 0.672. The third-order valence-corrected chi connectivity index (χ3v) is 0.929. The Morgan fingerprint density at radius 1 is 1.89 bits per heavy atom. The minimum atomic E-state index is 0.242. The first kappa shape index (κ1) is 4.61. The van der Waals surface area contributed by atoms with Crippen LogP contribution in [0.25, 0.3) is 0 Å². The number of nitrogen functional groups attached to an aromatic ring is 1. The fourth-order valence-electron chi connectivity index (χ4n) is 0.526. The molecule has 0 fully saturated rings. The van der Waals surface area contributed by atoms with Crippen LogP contribution in [0.3, 0.4) is 0 Å². The van der Waals surface area contributed by atoms with Crippen molar-refractivity contribution in [3.8, 4) is 5.88 Å². The molecule has 0 aliphatic rings. The van der Waals surface area contributed by atoms with Gasteiger partial charge in [-0.1, -0.05) is 0 Å². The third kappa shape index (κ3) is 1.10. The number of methoxy groups -OCH3 is 1. The average molecular weight is 125 g/mol. The minimum absolute atomic E-state index is 0.242. The lowest BCUT2D eigenvalue weighted by atomic mass is 10.4. The van der Waals surface area contributed by atoms with Gasteiger partial charge in [0.05, 0.1) is 14.2 Å². The maximum atomic E-state index is 7.22. The summed E-state index contributed by atoms with van der Waals surface area (Å²) in [5.74, 6) is 0.313. The molecule has 0 aromatic carbocycles. The molecule has 2 N–H and O–H groups in total. The lowest BCUT2D eigenvalue weighted by Crippen LogP contribution is -1.93. The Balaban J connectivity index is 3.14. The highest BCUT2D eigenvalue weighted by molar-refractivity contribution is 5.46. The maximum Gasteiger partial charge on any atom is 0.236 e. The van der Waals surface area contributed by atoms with Crippen molar-refractivity contribution in [2.75, 3.05) is 12.8 Å². The fraction of sp³-hybridized carbons (Fsp3) is 0.167. The molecule has 0 bridgehead atoms. The standard InChI is InChI=1S/C6H8N2O/c1-9-6-5(7)3-2-4-8-6/h2-4H,7H2,1H3/i3D. The number of hydrogen-bond acceptors (Lipinski definition) is 3. The monoisotopic (exact) mass is 125 g/mol. The van der Waals surface area contributed by atoms with Gasteiger partial charge >= 0.3 is 0 Å². The molecule has 1 aromatic heterocycles. The highest BCUT2D eigenvalue weighted by atomic mass is 16.5. The van der Waals surface area contributed by atoms with E-state index in [1.165, 1.54) is 19.4 Å². The summed E-state index contributed by atoms with van der Waals surface area (Å²) in [6, 6.07) is 1.75. The summed E-state index contributed by atoms with van der Waals surface area (Å²) in [6.45, 7) is 0. The molecule has 1 aromatic rings. The van der Waals surface area contributed by atoms with Gasteiger partial charge in [0.1, 0.15) is 0 Å². The first-order chi connectivity index (χ1) is 4.75. The number of aromatic nitrogens is 1. The number of nitrogens with two attached hydrogens (primary N) is 1. The van der Waals surface area contributed by atoms with Crippen LogP contribution < -0.4 is 10.5 Å². The lowest BCUT2D eigenvalue weighted by molar-refractivity contribution is 0.400. The molecule has 3 nitrogen and oxygen atoms in total. The highest BCUT2D eigenvalue weighted by Crippen LogP contribution is 2.13. The summed E-state index contributed by atoms with van der Waals surface area (Å²) in [6.07, 6.45) is 1.48. The van der Waals surface area contributed by atoms with Crippen LogP contribution in [0.1, 0.15) is 1.37 Å². The smallest absolute Gasteiger partial charge is 0.236 e. The second-order valence-corrected chi connectivity index (χ2v) is 1.51. The molecule has 0 atom stereocenters. The highest BCUT2D eigenvalue weighted by Gasteiger charge is 1.93. The summed E-state index contributed by atoms with van der Waals surface area (Å²) in [4.78, 5) is 3.79. The van der Waals surface area contributed by atoms with Crippen LogP contribution in [0.4, 0.5) is 5.69 Å². The molecule has 3 heteroatoms. The Bertz CT molecular complexity index is 239. The molecule has 9 heavy (non-hydrogen) atoms. The van der Waals surface area contributed by atoms with Gasteiger partial charge in [0.15, 0.2) is 0 Å². The number of pyridine rings is 1. The Kier molecular flexibility index (Phi) is 1.20. The SMILES string of the molecule is [2H]c1ccnc(OC)c1N. The third-order valence-electron chi connectivity index (χ3n) is 0.929. The number of nitrogens with zero attached hydrogens (tertiary/aromatic N) is 1. The van der Waals surface area contributed by atoms with E-state index in [1.54, 1.807) is 0 Å². The molecule has 0 unspecified atom stereocenters. The van der Waals surface area contributed by atoms with Gasteiger partial charge in [-0.2, -0.15) is 0 Å². The van der Waals surface area contributed by atoms with E-state index in [2.05, 4.69) is 4.98 Å². The summed E-state index contributed by atoms with van der Waals surface area (Å²) in [7, 11) is 1.47. The van der Waals surface area contributed by atoms with Gasteiger partial charge in [0, 0.05) is 6.20 Å². The van der Waals surface area contributed by atoms with E-state index < -0.39 is 0 Å². The van der Waals surface area contributed by atoms with E-state index in [0.29, 0.717) is 5.88 Å². The second-order valence-electron chi connectivity index (χ2n) is 1.51. The zero-order valence-electron chi connectivity index (χ0n) is 6.09. The topological polar surface area (TPSA) is 48.1 Å². The number of rotatable bonds is 1. The molecular formula is C6H8N2O. The van der Waals surface area contributed by atoms with Crippen molar-refractivity contribution in [1.82, 2.24) is 4.98 Å². The van der Waals surface area contributed by atoms with Crippen molar-refractivity contribution < 1.29 is 6.11 Å². The normalized spacial score (nSPS) is 10.6. The number of ether oxygens (including phenoxy) is 1. The molecule has 0 saturated heterocycles. The molecule has 0 aliphatic heterocycles.